The number of H-pyrrole nitrogens is 1. The molecule has 1 aromatic carbocycles. The fourth-order valence-electron chi connectivity index (χ4n) is 1.66. The number of hydrogen-bond donors (Lipinski definition) is 2. The highest BCUT2D eigenvalue weighted by molar-refractivity contribution is 8.00. The van der Waals surface area contributed by atoms with Crippen LogP contribution in [0.5, 0.6) is 0 Å². The van der Waals surface area contributed by atoms with Crippen molar-refractivity contribution in [1.82, 2.24) is 9.97 Å². The van der Waals surface area contributed by atoms with Crippen LogP contribution in [0, 0.1) is 0 Å². The predicted octanol–water partition coefficient (Wildman–Crippen LogP) is 3.56. The number of benzene rings is 1. The van der Waals surface area contributed by atoms with Gasteiger partial charge in [-0.1, -0.05) is 23.4 Å². The topological polar surface area (TPSA) is 74.8 Å². The number of thioether (sulfide) groups is 1. The van der Waals surface area contributed by atoms with E-state index in [0.717, 1.165) is 30.0 Å². The van der Waals surface area contributed by atoms with Crippen LogP contribution in [-0.4, -0.2) is 21.1 Å². The summed E-state index contributed by atoms with van der Waals surface area (Å²) in [7, 11) is 0. The molecule has 1 amide bonds. The lowest BCUT2D eigenvalue weighted by atomic mass is 10.2. The Morgan fingerprint density at radius 2 is 2.08 bits per heavy atom. The molecule has 0 unspecified atom stereocenters. The summed E-state index contributed by atoms with van der Waals surface area (Å²) in [6, 6.07) is 3.88. The van der Waals surface area contributed by atoms with Crippen molar-refractivity contribution in [1.29, 1.82) is 0 Å². The molecule has 2 aromatic rings. The molecule has 1 heterocycles. The van der Waals surface area contributed by atoms with E-state index in [2.05, 4.69) is 15.3 Å². The van der Waals surface area contributed by atoms with Crippen molar-refractivity contribution < 1.29 is 18.0 Å². The van der Waals surface area contributed by atoms with Crippen LogP contribution in [-0.2, 0) is 11.0 Å². The van der Waals surface area contributed by atoms with Crippen LogP contribution in [0.25, 0.3) is 0 Å². The van der Waals surface area contributed by atoms with Gasteiger partial charge in [-0.05, 0) is 25.1 Å². The maximum Gasteiger partial charge on any atom is 0.416 e. The zero-order chi connectivity index (χ0) is 17.9. The fraction of sp³-hybridized carbons (Fsp3) is 0.214. The quantitative estimate of drug-likeness (QED) is 0.631. The van der Waals surface area contributed by atoms with Crippen LogP contribution in [0.1, 0.15) is 12.5 Å². The van der Waals surface area contributed by atoms with Crippen LogP contribution >= 0.6 is 23.4 Å². The molecule has 1 atom stereocenters. The fourth-order valence-corrected chi connectivity index (χ4v) is 2.61. The molecule has 24 heavy (non-hydrogen) atoms. The highest BCUT2D eigenvalue weighted by Crippen LogP contribution is 2.34. The SMILES string of the molecule is C[C@@H](Sc1nccc(=O)[nH]1)C(=O)Nc1cc(C(F)(F)F)ccc1Cl. The van der Waals surface area contributed by atoms with Gasteiger partial charge < -0.3 is 10.3 Å². The van der Waals surface area contributed by atoms with Gasteiger partial charge in [0.1, 0.15) is 0 Å². The van der Waals surface area contributed by atoms with Crippen LogP contribution in [0.15, 0.2) is 40.4 Å². The smallest absolute Gasteiger partial charge is 0.324 e. The van der Waals surface area contributed by atoms with Crippen LogP contribution in [0.4, 0.5) is 18.9 Å². The summed E-state index contributed by atoms with van der Waals surface area (Å²) in [5.41, 5.74) is -1.43. The van der Waals surface area contributed by atoms with E-state index in [1.54, 1.807) is 0 Å². The molecule has 0 bridgehead atoms. The maximum absolute atomic E-state index is 12.7. The van der Waals surface area contributed by atoms with E-state index in [4.69, 9.17) is 11.6 Å². The summed E-state index contributed by atoms with van der Waals surface area (Å²) < 4.78 is 38.2. The molecule has 10 heteroatoms. The van der Waals surface area contributed by atoms with Gasteiger partial charge in [-0.15, -0.1) is 0 Å². The first-order valence-electron chi connectivity index (χ1n) is 6.56. The second kappa shape index (κ2) is 7.27. The maximum atomic E-state index is 12.7. The van der Waals surface area contributed by atoms with Gasteiger partial charge in [-0.3, -0.25) is 9.59 Å². The monoisotopic (exact) mass is 377 g/mol. The number of aromatic nitrogens is 2. The van der Waals surface area contributed by atoms with E-state index < -0.39 is 22.9 Å². The Morgan fingerprint density at radius 3 is 2.71 bits per heavy atom. The summed E-state index contributed by atoms with van der Waals surface area (Å²) in [4.78, 5) is 29.6. The average Bonchev–Trinajstić information content (AvgIpc) is 2.48. The number of amides is 1. The molecule has 0 fully saturated rings. The molecule has 2 N–H and O–H groups in total. The summed E-state index contributed by atoms with van der Waals surface area (Å²) in [5, 5.41) is 1.83. The molecule has 0 saturated carbocycles. The summed E-state index contributed by atoms with van der Waals surface area (Å²) in [6.07, 6.45) is -3.26. The molecule has 0 spiro atoms. The number of carbonyl (C=O) groups excluding carboxylic acids is 1. The third-order valence-electron chi connectivity index (χ3n) is 2.86. The minimum absolute atomic E-state index is 0.0141. The normalized spacial score (nSPS) is 12.7. The van der Waals surface area contributed by atoms with Crippen molar-refractivity contribution in [2.45, 2.75) is 23.5 Å². The molecule has 0 radical (unpaired) electrons. The molecule has 0 aliphatic heterocycles. The zero-order valence-electron chi connectivity index (χ0n) is 12.1. The third kappa shape index (κ3) is 4.75. The highest BCUT2D eigenvalue weighted by Gasteiger charge is 2.31. The Kier molecular flexibility index (Phi) is 5.55. The van der Waals surface area contributed by atoms with Crippen molar-refractivity contribution in [3.63, 3.8) is 0 Å². The zero-order valence-corrected chi connectivity index (χ0v) is 13.7. The van der Waals surface area contributed by atoms with Crippen molar-refractivity contribution in [2.24, 2.45) is 0 Å². The van der Waals surface area contributed by atoms with Crippen molar-refractivity contribution >= 4 is 35.0 Å². The number of nitrogens with one attached hydrogen (secondary N) is 2. The van der Waals surface area contributed by atoms with Crippen molar-refractivity contribution in [3.05, 3.63) is 51.4 Å². The number of nitrogens with zero attached hydrogens (tertiary/aromatic N) is 1. The van der Waals surface area contributed by atoms with E-state index in [9.17, 15) is 22.8 Å². The Bertz CT molecular complexity index is 810. The summed E-state index contributed by atoms with van der Waals surface area (Å²) in [6.45, 7) is 1.52. The molecule has 128 valence electrons. The minimum atomic E-state index is -4.54. The lowest BCUT2D eigenvalue weighted by Crippen LogP contribution is -2.23. The minimum Gasteiger partial charge on any atom is -0.324 e. The largest absolute Gasteiger partial charge is 0.416 e. The number of carbonyl (C=O) groups is 1. The first-order chi connectivity index (χ1) is 11.2. The standard InChI is InChI=1S/C14H11ClF3N3O2S/c1-7(24-13-19-5-4-11(22)21-13)12(23)20-10-6-8(14(16,17)18)2-3-9(10)15/h2-7H,1H3,(H,20,23)(H,19,21,22)/t7-/m1/s1. The Hall–Kier alpha value is -2.00. The summed E-state index contributed by atoms with van der Waals surface area (Å²) in [5.74, 6) is -0.576. The first-order valence-corrected chi connectivity index (χ1v) is 7.82. The van der Waals surface area contributed by atoms with Crippen LogP contribution in [0.3, 0.4) is 0 Å². The number of hydrogen-bond acceptors (Lipinski definition) is 4. The van der Waals surface area contributed by atoms with Crippen molar-refractivity contribution in [2.75, 3.05) is 5.32 Å². The third-order valence-corrected chi connectivity index (χ3v) is 4.18. The Balaban J connectivity index is 2.12. The number of rotatable bonds is 4. The van der Waals surface area contributed by atoms with E-state index in [-0.39, 0.29) is 21.4 Å². The van der Waals surface area contributed by atoms with Crippen LogP contribution < -0.4 is 10.9 Å². The molecule has 1 aromatic heterocycles. The molecular weight excluding hydrogens is 367 g/mol. The number of anilines is 1. The van der Waals surface area contributed by atoms with E-state index in [1.165, 1.54) is 19.2 Å². The highest BCUT2D eigenvalue weighted by atomic mass is 35.5. The number of aromatic amines is 1. The number of alkyl halides is 3. The van der Waals surface area contributed by atoms with Gasteiger partial charge in [0.15, 0.2) is 5.16 Å². The average molecular weight is 378 g/mol. The van der Waals surface area contributed by atoms with Gasteiger partial charge in [0.25, 0.3) is 5.56 Å². The first kappa shape index (κ1) is 18.3. The second-order valence-corrected chi connectivity index (χ2v) is 6.42. The van der Waals surface area contributed by atoms with Gasteiger partial charge in [0.2, 0.25) is 5.91 Å². The van der Waals surface area contributed by atoms with Gasteiger partial charge in [-0.2, -0.15) is 13.2 Å². The lowest BCUT2D eigenvalue weighted by molar-refractivity contribution is -0.137. The van der Waals surface area contributed by atoms with Gasteiger partial charge in [0, 0.05) is 12.3 Å². The van der Waals surface area contributed by atoms with Gasteiger partial charge in [-0.25, -0.2) is 4.98 Å². The molecule has 0 aliphatic rings. The van der Waals surface area contributed by atoms with E-state index >= 15 is 0 Å². The van der Waals surface area contributed by atoms with Crippen LogP contribution in [0.2, 0.25) is 5.02 Å². The Morgan fingerprint density at radius 1 is 1.38 bits per heavy atom. The van der Waals surface area contributed by atoms with Gasteiger partial charge in [0.05, 0.1) is 21.5 Å². The lowest BCUT2D eigenvalue weighted by Gasteiger charge is -2.14. The molecule has 0 saturated heterocycles. The number of halogens is 4. The van der Waals surface area contributed by atoms with E-state index in [0.29, 0.717) is 0 Å². The Labute approximate surface area is 143 Å². The second-order valence-electron chi connectivity index (χ2n) is 4.68. The summed E-state index contributed by atoms with van der Waals surface area (Å²) >= 11 is 6.78. The van der Waals surface area contributed by atoms with Crippen molar-refractivity contribution in [3.8, 4) is 0 Å². The molecule has 0 aliphatic carbocycles. The predicted molar refractivity (Wildman–Crippen MR) is 85.3 cm³/mol. The molecule has 2 rings (SSSR count). The van der Waals surface area contributed by atoms with E-state index in [1.807, 2.05) is 0 Å². The molecular formula is C14H11ClF3N3O2S. The molecule has 5 nitrogen and oxygen atoms in total. The van der Waals surface area contributed by atoms with Gasteiger partial charge >= 0.3 is 6.18 Å².